The highest BCUT2D eigenvalue weighted by Gasteiger charge is 2.22. The zero-order chi connectivity index (χ0) is 20.4. The number of aromatic amines is 1. The molecule has 150 valence electrons. The molecule has 8 nitrogen and oxygen atoms in total. The molecule has 0 atom stereocenters. The van der Waals surface area contributed by atoms with Crippen LogP contribution in [-0.2, 0) is 19.5 Å². The standard InChI is InChI=1S/C21H22N4O4/c1-28-18-10-13(9-17(26)19(18)29-2)11-25-8-6-14-16(12-25)23-20(24-21(14)27)15-5-3-4-7-22-15/h3-5,7,9-10,26H,6,8,11-12H2,1-2H3,(H,23,24,27). The van der Waals surface area contributed by atoms with E-state index in [1.165, 1.54) is 14.2 Å². The van der Waals surface area contributed by atoms with E-state index >= 15 is 0 Å². The molecule has 3 heterocycles. The van der Waals surface area contributed by atoms with Gasteiger partial charge in [-0.1, -0.05) is 6.07 Å². The molecule has 0 saturated carbocycles. The molecule has 0 fully saturated rings. The van der Waals surface area contributed by atoms with Crippen LogP contribution in [0.4, 0.5) is 0 Å². The Morgan fingerprint density at radius 2 is 2.10 bits per heavy atom. The van der Waals surface area contributed by atoms with Gasteiger partial charge in [0.1, 0.15) is 5.69 Å². The lowest BCUT2D eigenvalue weighted by molar-refractivity contribution is 0.239. The quantitative estimate of drug-likeness (QED) is 0.684. The summed E-state index contributed by atoms with van der Waals surface area (Å²) in [6.07, 6.45) is 2.28. The minimum atomic E-state index is -0.112. The summed E-state index contributed by atoms with van der Waals surface area (Å²) in [5.41, 5.74) is 2.88. The topological polar surface area (TPSA) is 101 Å². The number of methoxy groups -OCH3 is 2. The van der Waals surface area contributed by atoms with Gasteiger partial charge in [-0.15, -0.1) is 0 Å². The van der Waals surface area contributed by atoms with Crippen molar-refractivity contribution in [3.05, 3.63) is 63.7 Å². The van der Waals surface area contributed by atoms with Crippen LogP contribution in [0.5, 0.6) is 17.2 Å². The molecule has 0 unspecified atom stereocenters. The van der Waals surface area contributed by atoms with Crippen molar-refractivity contribution in [2.75, 3.05) is 20.8 Å². The Hall–Kier alpha value is -3.39. The summed E-state index contributed by atoms with van der Waals surface area (Å²) in [7, 11) is 3.02. The van der Waals surface area contributed by atoms with E-state index in [0.717, 1.165) is 23.4 Å². The fourth-order valence-electron chi connectivity index (χ4n) is 3.60. The number of fused-ring (bicyclic) bond motifs is 1. The average Bonchev–Trinajstić information content (AvgIpc) is 2.73. The number of rotatable bonds is 5. The van der Waals surface area contributed by atoms with Gasteiger partial charge in [0.05, 0.1) is 19.9 Å². The van der Waals surface area contributed by atoms with E-state index in [4.69, 9.17) is 9.47 Å². The zero-order valence-corrected chi connectivity index (χ0v) is 16.3. The summed E-state index contributed by atoms with van der Waals surface area (Å²) in [5.74, 6) is 1.30. The highest BCUT2D eigenvalue weighted by molar-refractivity contribution is 5.53. The average molecular weight is 394 g/mol. The van der Waals surface area contributed by atoms with Crippen molar-refractivity contribution in [1.82, 2.24) is 19.9 Å². The smallest absolute Gasteiger partial charge is 0.254 e. The Kier molecular flexibility index (Phi) is 5.18. The summed E-state index contributed by atoms with van der Waals surface area (Å²) in [5, 5.41) is 10.2. The van der Waals surface area contributed by atoms with Gasteiger partial charge in [-0.25, -0.2) is 4.98 Å². The molecule has 1 aromatic carbocycles. The summed E-state index contributed by atoms with van der Waals surface area (Å²) in [6.45, 7) is 1.84. The Bertz CT molecular complexity index is 1080. The van der Waals surface area contributed by atoms with E-state index in [-0.39, 0.29) is 11.3 Å². The second-order valence-corrected chi connectivity index (χ2v) is 6.87. The van der Waals surface area contributed by atoms with E-state index in [2.05, 4.69) is 19.9 Å². The second kappa shape index (κ2) is 7.92. The van der Waals surface area contributed by atoms with Crippen LogP contribution in [0, 0.1) is 0 Å². The molecular formula is C21H22N4O4. The first kappa shape index (κ1) is 18.9. The first-order chi connectivity index (χ1) is 14.1. The number of phenolic OH excluding ortho intramolecular Hbond substituents is 1. The molecular weight excluding hydrogens is 372 g/mol. The van der Waals surface area contributed by atoms with Crippen molar-refractivity contribution < 1.29 is 14.6 Å². The number of phenols is 1. The van der Waals surface area contributed by atoms with Crippen molar-refractivity contribution in [1.29, 1.82) is 0 Å². The fraction of sp³-hybridized carbons (Fsp3) is 0.286. The van der Waals surface area contributed by atoms with Crippen LogP contribution in [0.15, 0.2) is 41.3 Å². The number of aromatic nitrogens is 3. The molecule has 2 aromatic heterocycles. The number of nitrogens with zero attached hydrogens (tertiary/aromatic N) is 3. The lowest BCUT2D eigenvalue weighted by Crippen LogP contribution is -2.35. The van der Waals surface area contributed by atoms with Gasteiger partial charge in [-0.2, -0.15) is 0 Å². The van der Waals surface area contributed by atoms with Gasteiger partial charge in [-0.05, 0) is 36.2 Å². The summed E-state index contributed by atoms with van der Waals surface area (Å²) in [6, 6.07) is 9.01. The minimum absolute atomic E-state index is 0.0336. The monoisotopic (exact) mass is 394 g/mol. The SMILES string of the molecule is COc1cc(CN2CCc3c(nc(-c4ccccn4)[nH]c3=O)C2)cc(O)c1OC. The van der Waals surface area contributed by atoms with Gasteiger partial charge in [-0.3, -0.25) is 14.7 Å². The van der Waals surface area contributed by atoms with Gasteiger partial charge in [0.15, 0.2) is 17.3 Å². The molecule has 0 amide bonds. The number of pyridine rings is 1. The third kappa shape index (κ3) is 3.79. The summed E-state index contributed by atoms with van der Waals surface area (Å²) < 4.78 is 10.5. The largest absolute Gasteiger partial charge is 0.504 e. The number of nitrogens with one attached hydrogen (secondary N) is 1. The van der Waals surface area contributed by atoms with E-state index in [1.807, 2.05) is 24.3 Å². The molecule has 1 aliphatic rings. The molecule has 0 saturated heterocycles. The summed E-state index contributed by atoms with van der Waals surface area (Å²) in [4.78, 5) is 26.5. The molecule has 0 spiro atoms. The first-order valence-corrected chi connectivity index (χ1v) is 9.28. The number of benzene rings is 1. The maximum Gasteiger partial charge on any atom is 0.254 e. The number of ether oxygens (including phenoxy) is 2. The van der Waals surface area contributed by atoms with Crippen molar-refractivity contribution in [3.63, 3.8) is 0 Å². The van der Waals surface area contributed by atoms with E-state index in [1.54, 1.807) is 12.3 Å². The van der Waals surface area contributed by atoms with Gasteiger partial charge < -0.3 is 19.6 Å². The first-order valence-electron chi connectivity index (χ1n) is 9.28. The normalized spacial score (nSPS) is 13.7. The van der Waals surface area contributed by atoms with Crippen LogP contribution in [-0.4, -0.2) is 45.7 Å². The Labute approximate surface area is 167 Å². The number of hydrogen-bond donors (Lipinski definition) is 2. The van der Waals surface area contributed by atoms with Crippen LogP contribution >= 0.6 is 0 Å². The predicted molar refractivity (Wildman–Crippen MR) is 107 cm³/mol. The molecule has 0 bridgehead atoms. The Morgan fingerprint density at radius 3 is 2.83 bits per heavy atom. The van der Waals surface area contributed by atoms with Crippen molar-refractivity contribution in [3.8, 4) is 28.8 Å². The lowest BCUT2D eigenvalue weighted by Gasteiger charge is -2.28. The molecule has 1 aliphatic heterocycles. The maximum atomic E-state index is 12.5. The van der Waals surface area contributed by atoms with Crippen LogP contribution in [0.3, 0.4) is 0 Å². The van der Waals surface area contributed by atoms with Crippen LogP contribution in [0.2, 0.25) is 0 Å². The van der Waals surface area contributed by atoms with E-state index < -0.39 is 0 Å². The van der Waals surface area contributed by atoms with E-state index in [0.29, 0.717) is 42.5 Å². The Morgan fingerprint density at radius 1 is 1.24 bits per heavy atom. The molecule has 0 radical (unpaired) electrons. The molecule has 2 N–H and O–H groups in total. The van der Waals surface area contributed by atoms with Crippen LogP contribution in [0.25, 0.3) is 11.5 Å². The van der Waals surface area contributed by atoms with Crippen molar-refractivity contribution >= 4 is 0 Å². The highest BCUT2D eigenvalue weighted by Crippen LogP contribution is 2.37. The third-order valence-corrected chi connectivity index (χ3v) is 4.99. The van der Waals surface area contributed by atoms with Gasteiger partial charge in [0.2, 0.25) is 5.75 Å². The highest BCUT2D eigenvalue weighted by atomic mass is 16.5. The molecule has 8 heteroatoms. The van der Waals surface area contributed by atoms with Crippen molar-refractivity contribution in [2.45, 2.75) is 19.5 Å². The number of aromatic hydroxyl groups is 1. The van der Waals surface area contributed by atoms with Gasteiger partial charge in [0, 0.05) is 31.4 Å². The maximum absolute atomic E-state index is 12.5. The van der Waals surface area contributed by atoms with Crippen molar-refractivity contribution in [2.24, 2.45) is 0 Å². The Balaban J connectivity index is 1.60. The van der Waals surface area contributed by atoms with E-state index in [9.17, 15) is 9.90 Å². The van der Waals surface area contributed by atoms with Crippen LogP contribution in [0.1, 0.15) is 16.8 Å². The molecule has 3 aromatic rings. The lowest BCUT2D eigenvalue weighted by atomic mass is 10.0. The van der Waals surface area contributed by atoms with Gasteiger partial charge >= 0.3 is 0 Å². The zero-order valence-electron chi connectivity index (χ0n) is 16.3. The third-order valence-electron chi connectivity index (χ3n) is 4.99. The summed E-state index contributed by atoms with van der Waals surface area (Å²) >= 11 is 0. The fourth-order valence-corrected chi connectivity index (χ4v) is 3.60. The number of H-pyrrole nitrogens is 1. The van der Waals surface area contributed by atoms with Gasteiger partial charge in [0.25, 0.3) is 5.56 Å². The molecule has 4 rings (SSSR count). The van der Waals surface area contributed by atoms with Crippen LogP contribution < -0.4 is 15.0 Å². The molecule has 0 aliphatic carbocycles. The predicted octanol–water partition coefficient (Wildman–Crippen LogP) is 2.11. The minimum Gasteiger partial charge on any atom is -0.504 e. The second-order valence-electron chi connectivity index (χ2n) is 6.87. The number of hydrogen-bond acceptors (Lipinski definition) is 7. The molecule has 29 heavy (non-hydrogen) atoms.